The molecule has 3 rings (SSSR count). The minimum absolute atomic E-state index is 0.372. The van der Waals surface area contributed by atoms with Crippen LogP contribution in [0, 0.1) is 13.8 Å². The zero-order chi connectivity index (χ0) is 22.6. The molecule has 0 spiro atoms. The molecular weight excluding hydrogens is 408 g/mol. The smallest absolute Gasteiger partial charge is 0.244 e. The molecule has 0 aliphatic heterocycles. The number of aryl methyl sites for hydroxylation is 2. The molecule has 0 fully saturated rings. The number of hydrogen-bond donors (Lipinski definition) is 1. The molecule has 2 atom stereocenters. The number of nitrogens with one attached hydrogen (secondary N) is 1. The van der Waals surface area contributed by atoms with E-state index in [2.05, 4.69) is 5.32 Å². The van der Waals surface area contributed by atoms with Crippen LogP contribution in [0.2, 0.25) is 0 Å². The maximum atomic E-state index is 13.3. The second kappa shape index (κ2) is 9.35. The minimum atomic E-state index is -3.68. The Bertz CT molecular complexity index is 1140. The van der Waals surface area contributed by atoms with Crippen LogP contribution in [0.1, 0.15) is 35.2 Å². The van der Waals surface area contributed by atoms with E-state index in [1.165, 1.54) is 4.31 Å². The lowest BCUT2D eigenvalue weighted by molar-refractivity contribution is -0.122. The van der Waals surface area contributed by atoms with Gasteiger partial charge in [0.2, 0.25) is 15.9 Å². The lowest BCUT2D eigenvalue weighted by Gasteiger charge is -2.30. The van der Waals surface area contributed by atoms with Gasteiger partial charge < -0.3 is 5.32 Å². The van der Waals surface area contributed by atoms with Gasteiger partial charge in [-0.05, 0) is 49.6 Å². The van der Waals surface area contributed by atoms with Gasteiger partial charge >= 0.3 is 0 Å². The van der Waals surface area contributed by atoms with Gasteiger partial charge in [0.05, 0.1) is 18.0 Å². The summed E-state index contributed by atoms with van der Waals surface area (Å²) in [6, 6.07) is 23.3. The van der Waals surface area contributed by atoms with Crippen molar-refractivity contribution in [1.82, 2.24) is 5.32 Å². The molecule has 31 heavy (non-hydrogen) atoms. The SMILES string of the molecule is Cc1ccc(N([C@H](C)C(=O)N[C@H](c2ccccc2)c2ccccc2C)S(C)(=O)=O)cc1. The summed E-state index contributed by atoms with van der Waals surface area (Å²) in [7, 11) is -3.68. The van der Waals surface area contributed by atoms with E-state index in [-0.39, 0.29) is 5.91 Å². The van der Waals surface area contributed by atoms with Crippen molar-refractivity contribution in [3.05, 3.63) is 101 Å². The Hall–Kier alpha value is -3.12. The molecule has 0 aromatic heterocycles. The number of anilines is 1. The second-order valence-corrected chi connectivity index (χ2v) is 9.64. The largest absolute Gasteiger partial charge is 0.343 e. The molecule has 6 heteroatoms. The lowest BCUT2D eigenvalue weighted by atomic mass is 9.94. The highest BCUT2D eigenvalue weighted by atomic mass is 32.2. The Labute approximate surface area is 184 Å². The summed E-state index contributed by atoms with van der Waals surface area (Å²) in [6.45, 7) is 5.53. The summed E-state index contributed by atoms with van der Waals surface area (Å²) >= 11 is 0. The van der Waals surface area contributed by atoms with Crippen molar-refractivity contribution in [1.29, 1.82) is 0 Å². The Kier molecular flexibility index (Phi) is 6.81. The van der Waals surface area contributed by atoms with Gasteiger partial charge in [-0.3, -0.25) is 9.10 Å². The molecule has 0 aliphatic carbocycles. The predicted octanol–water partition coefficient (Wildman–Crippen LogP) is 4.36. The minimum Gasteiger partial charge on any atom is -0.343 e. The van der Waals surface area contributed by atoms with Crippen LogP contribution in [0.3, 0.4) is 0 Å². The van der Waals surface area contributed by atoms with E-state index in [0.717, 1.165) is 28.5 Å². The molecule has 1 N–H and O–H groups in total. The van der Waals surface area contributed by atoms with Crippen molar-refractivity contribution in [2.24, 2.45) is 0 Å². The number of amides is 1. The van der Waals surface area contributed by atoms with Gasteiger partial charge in [0.25, 0.3) is 0 Å². The van der Waals surface area contributed by atoms with Gasteiger partial charge in [-0.1, -0.05) is 72.3 Å². The average Bonchev–Trinajstić information content (AvgIpc) is 2.73. The summed E-state index contributed by atoms with van der Waals surface area (Å²) in [5.41, 5.74) is 4.41. The number of carbonyl (C=O) groups is 1. The number of hydrogen-bond acceptors (Lipinski definition) is 3. The summed E-state index contributed by atoms with van der Waals surface area (Å²) in [5.74, 6) is -0.372. The number of sulfonamides is 1. The van der Waals surface area contributed by atoms with Crippen LogP contribution >= 0.6 is 0 Å². The van der Waals surface area contributed by atoms with Gasteiger partial charge in [-0.25, -0.2) is 8.42 Å². The Morgan fingerprint density at radius 1 is 0.871 bits per heavy atom. The molecule has 0 heterocycles. The third kappa shape index (κ3) is 5.33. The van der Waals surface area contributed by atoms with Gasteiger partial charge in [0, 0.05) is 0 Å². The van der Waals surface area contributed by atoms with E-state index >= 15 is 0 Å². The zero-order valence-corrected chi connectivity index (χ0v) is 19.1. The van der Waals surface area contributed by atoms with Gasteiger partial charge in [-0.15, -0.1) is 0 Å². The summed E-state index contributed by atoms with van der Waals surface area (Å²) in [4.78, 5) is 13.3. The molecule has 0 unspecified atom stereocenters. The first-order valence-corrected chi connectivity index (χ1v) is 12.0. The van der Waals surface area contributed by atoms with Gasteiger partial charge in [0.1, 0.15) is 6.04 Å². The van der Waals surface area contributed by atoms with E-state index in [9.17, 15) is 13.2 Å². The van der Waals surface area contributed by atoms with Crippen molar-refractivity contribution >= 4 is 21.6 Å². The lowest BCUT2D eigenvalue weighted by Crippen LogP contribution is -2.48. The molecule has 162 valence electrons. The quantitative estimate of drug-likeness (QED) is 0.598. The maximum absolute atomic E-state index is 13.3. The standard InChI is InChI=1S/C25H28N2O3S/c1-18-14-16-22(17-15-18)27(31(4,29)30)20(3)25(28)26-24(21-11-6-5-7-12-21)23-13-9-8-10-19(23)2/h5-17,20,24H,1-4H3,(H,26,28)/t20-,24-/m1/s1. The molecule has 1 amide bonds. The predicted molar refractivity (Wildman–Crippen MR) is 126 cm³/mol. The fourth-order valence-corrected chi connectivity index (χ4v) is 4.83. The second-order valence-electron chi connectivity index (χ2n) is 7.78. The molecule has 0 saturated heterocycles. The highest BCUT2D eigenvalue weighted by Gasteiger charge is 2.31. The van der Waals surface area contributed by atoms with E-state index in [0.29, 0.717) is 5.69 Å². The van der Waals surface area contributed by atoms with Crippen molar-refractivity contribution < 1.29 is 13.2 Å². The molecule has 3 aromatic rings. The topological polar surface area (TPSA) is 66.5 Å². The van der Waals surface area contributed by atoms with Crippen LogP contribution in [-0.2, 0) is 14.8 Å². The van der Waals surface area contributed by atoms with E-state index in [4.69, 9.17) is 0 Å². The normalized spacial score (nSPS) is 13.3. The number of nitrogens with zero attached hydrogens (tertiary/aromatic N) is 1. The summed E-state index contributed by atoms with van der Waals surface area (Å²) in [5, 5.41) is 3.08. The fourth-order valence-electron chi connectivity index (χ4n) is 3.66. The van der Waals surface area contributed by atoms with Gasteiger partial charge in [-0.2, -0.15) is 0 Å². The molecular formula is C25H28N2O3S. The van der Waals surface area contributed by atoms with Crippen LogP contribution in [-0.4, -0.2) is 26.6 Å². The van der Waals surface area contributed by atoms with Crippen LogP contribution in [0.5, 0.6) is 0 Å². The molecule has 0 aliphatic rings. The molecule has 0 radical (unpaired) electrons. The fraction of sp³-hybridized carbons (Fsp3) is 0.240. The molecule has 5 nitrogen and oxygen atoms in total. The van der Waals surface area contributed by atoms with Crippen LogP contribution in [0.4, 0.5) is 5.69 Å². The number of carbonyl (C=O) groups excluding carboxylic acids is 1. The van der Waals surface area contributed by atoms with Crippen LogP contribution < -0.4 is 9.62 Å². The van der Waals surface area contributed by atoms with Gasteiger partial charge in [0.15, 0.2) is 0 Å². The van der Waals surface area contributed by atoms with E-state index in [1.807, 2.05) is 80.6 Å². The zero-order valence-electron chi connectivity index (χ0n) is 18.2. The third-order valence-corrected chi connectivity index (χ3v) is 6.54. The van der Waals surface area contributed by atoms with E-state index in [1.54, 1.807) is 19.1 Å². The highest BCUT2D eigenvalue weighted by molar-refractivity contribution is 7.92. The first-order valence-electron chi connectivity index (χ1n) is 10.2. The number of rotatable bonds is 7. The highest BCUT2D eigenvalue weighted by Crippen LogP contribution is 2.26. The van der Waals surface area contributed by atoms with Crippen molar-refractivity contribution in [2.45, 2.75) is 32.9 Å². The van der Waals surface area contributed by atoms with Crippen molar-refractivity contribution in [3.8, 4) is 0 Å². The molecule has 0 bridgehead atoms. The average molecular weight is 437 g/mol. The van der Waals surface area contributed by atoms with Crippen LogP contribution in [0.25, 0.3) is 0 Å². The first-order chi connectivity index (χ1) is 14.7. The van der Waals surface area contributed by atoms with Crippen molar-refractivity contribution in [3.63, 3.8) is 0 Å². The molecule has 0 saturated carbocycles. The van der Waals surface area contributed by atoms with Crippen molar-refractivity contribution in [2.75, 3.05) is 10.6 Å². The summed E-state index contributed by atoms with van der Waals surface area (Å²) < 4.78 is 26.3. The molecule has 3 aromatic carbocycles. The maximum Gasteiger partial charge on any atom is 0.244 e. The Morgan fingerprint density at radius 2 is 1.45 bits per heavy atom. The third-order valence-electron chi connectivity index (χ3n) is 5.30. The van der Waals surface area contributed by atoms with E-state index < -0.39 is 22.1 Å². The monoisotopic (exact) mass is 436 g/mol. The first kappa shape index (κ1) is 22.6. The van der Waals surface area contributed by atoms with Crippen LogP contribution in [0.15, 0.2) is 78.9 Å². The Balaban J connectivity index is 1.96. The Morgan fingerprint density at radius 3 is 2.03 bits per heavy atom. The summed E-state index contributed by atoms with van der Waals surface area (Å²) in [6.07, 6.45) is 1.12. The number of benzene rings is 3.